The molecule has 160 valence electrons. The Bertz CT molecular complexity index is 716. The molecule has 2 heterocycles. The first kappa shape index (κ1) is 21.6. The summed E-state index contributed by atoms with van der Waals surface area (Å²) in [7, 11) is 1.59. The summed E-state index contributed by atoms with van der Waals surface area (Å²) >= 11 is 0. The Morgan fingerprint density at radius 2 is 2.00 bits per heavy atom. The van der Waals surface area contributed by atoms with E-state index in [9.17, 15) is 14.7 Å². The van der Waals surface area contributed by atoms with Crippen molar-refractivity contribution >= 4 is 11.8 Å². The summed E-state index contributed by atoms with van der Waals surface area (Å²) in [6.45, 7) is 6.59. The first-order chi connectivity index (χ1) is 13.9. The Kier molecular flexibility index (Phi) is 7.14. The van der Waals surface area contributed by atoms with Crippen LogP contribution in [0.2, 0.25) is 0 Å². The standard InChI is InChI=1S/C22H33N3O4/c1-15(2)13-23-21(27)20-12-18(26)14-25(20)17-7-9-24(10-8-17)22(28)16-5-4-6-19(11-16)29-3/h4-6,11,15,17-18,20,26H,7-10,12-14H2,1-3H3,(H,23,27)/t18-,20+/m1/s1. The van der Waals surface area contributed by atoms with Gasteiger partial charge in [0.2, 0.25) is 5.91 Å². The number of amides is 2. The molecule has 2 saturated heterocycles. The van der Waals surface area contributed by atoms with Crippen LogP contribution in [0.5, 0.6) is 5.75 Å². The molecule has 0 spiro atoms. The van der Waals surface area contributed by atoms with E-state index < -0.39 is 6.10 Å². The van der Waals surface area contributed by atoms with Gasteiger partial charge in [-0.3, -0.25) is 14.5 Å². The van der Waals surface area contributed by atoms with Crippen molar-refractivity contribution in [3.05, 3.63) is 29.8 Å². The second-order valence-electron chi connectivity index (χ2n) is 8.50. The number of benzene rings is 1. The minimum absolute atomic E-state index is 0.00476. The molecule has 2 atom stereocenters. The molecular weight excluding hydrogens is 370 g/mol. The highest BCUT2D eigenvalue weighted by molar-refractivity contribution is 5.94. The number of aliphatic hydroxyl groups is 1. The van der Waals surface area contributed by atoms with Gasteiger partial charge in [0.25, 0.3) is 5.91 Å². The third-order valence-electron chi connectivity index (χ3n) is 5.84. The van der Waals surface area contributed by atoms with E-state index in [1.165, 1.54) is 0 Å². The third-order valence-corrected chi connectivity index (χ3v) is 5.84. The van der Waals surface area contributed by atoms with E-state index in [0.717, 1.165) is 12.8 Å². The fourth-order valence-electron chi connectivity index (χ4n) is 4.26. The van der Waals surface area contributed by atoms with E-state index in [1.54, 1.807) is 13.2 Å². The number of carbonyl (C=O) groups excluding carboxylic acids is 2. The van der Waals surface area contributed by atoms with Gasteiger partial charge in [0.1, 0.15) is 5.75 Å². The number of ether oxygens (including phenoxy) is 1. The maximum absolute atomic E-state index is 12.8. The number of hydrogen-bond donors (Lipinski definition) is 2. The van der Waals surface area contributed by atoms with Gasteiger partial charge in [-0.25, -0.2) is 0 Å². The number of nitrogens with one attached hydrogen (secondary N) is 1. The number of hydrogen-bond acceptors (Lipinski definition) is 5. The molecule has 7 nitrogen and oxygen atoms in total. The number of methoxy groups -OCH3 is 1. The molecule has 1 aromatic rings. The molecule has 2 aliphatic heterocycles. The van der Waals surface area contributed by atoms with Gasteiger partial charge in [0.05, 0.1) is 19.3 Å². The average Bonchev–Trinajstić information content (AvgIpc) is 3.13. The molecule has 0 radical (unpaired) electrons. The molecule has 7 heteroatoms. The van der Waals surface area contributed by atoms with Gasteiger partial charge in [0, 0.05) is 37.8 Å². The lowest BCUT2D eigenvalue weighted by Crippen LogP contribution is -2.52. The minimum Gasteiger partial charge on any atom is -0.497 e. The summed E-state index contributed by atoms with van der Waals surface area (Å²) in [5.41, 5.74) is 0.630. The van der Waals surface area contributed by atoms with E-state index >= 15 is 0 Å². The van der Waals surface area contributed by atoms with E-state index in [1.807, 2.05) is 23.1 Å². The zero-order chi connectivity index (χ0) is 21.0. The number of nitrogens with zero attached hydrogens (tertiary/aromatic N) is 2. The lowest BCUT2D eigenvalue weighted by Gasteiger charge is -2.39. The van der Waals surface area contributed by atoms with Crippen LogP contribution in [0.25, 0.3) is 0 Å². The Morgan fingerprint density at radius 1 is 1.28 bits per heavy atom. The van der Waals surface area contributed by atoms with Crippen LogP contribution >= 0.6 is 0 Å². The van der Waals surface area contributed by atoms with Crippen molar-refractivity contribution in [1.29, 1.82) is 0 Å². The Labute approximate surface area is 173 Å². The lowest BCUT2D eigenvalue weighted by atomic mass is 10.0. The van der Waals surface area contributed by atoms with Crippen molar-refractivity contribution in [2.24, 2.45) is 5.92 Å². The maximum atomic E-state index is 12.8. The second kappa shape index (κ2) is 9.59. The number of aliphatic hydroxyl groups excluding tert-OH is 1. The molecule has 2 N–H and O–H groups in total. The summed E-state index contributed by atoms with van der Waals surface area (Å²) < 4.78 is 5.22. The van der Waals surface area contributed by atoms with Crippen molar-refractivity contribution < 1.29 is 19.4 Å². The van der Waals surface area contributed by atoms with Crippen molar-refractivity contribution in [2.75, 3.05) is 33.3 Å². The van der Waals surface area contributed by atoms with Crippen LogP contribution in [-0.2, 0) is 4.79 Å². The molecule has 29 heavy (non-hydrogen) atoms. The van der Waals surface area contributed by atoms with Gasteiger partial charge in [-0.2, -0.15) is 0 Å². The van der Waals surface area contributed by atoms with Gasteiger partial charge in [-0.15, -0.1) is 0 Å². The summed E-state index contributed by atoms with van der Waals surface area (Å²) in [5.74, 6) is 1.08. The van der Waals surface area contributed by atoms with Crippen LogP contribution in [-0.4, -0.2) is 78.2 Å². The fraction of sp³-hybridized carbons (Fsp3) is 0.636. The first-order valence-electron chi connectivity index (χ1n) is 10.5. The molecule has 1 aromatic carbocycles. The van der Waals surface area contributed by atoms with Gasteiger partial charge < -0.3 is 20.1 Å². The van der Waals surface area contributed by atoms with Crippen LogP contribution in [0.15, 0.2) is 24.3 Å². The predicted molar refractivity (Wildman–Crippen MR) is 111 cm³/mol. The van der Waals surface area contributed by atoms with E-state index in [2.05, 4.69) is 24.1 Å². The van der Waals surface area contributed by atoms with Gasteiger partial charge in [0.15, 0.2) is 0 Å². The minimum atomic E-state index is -0.471. The lowest BCUT2D eigenvalue weighted by molar-refractivity contribution is -0.126. The zero-order valence-electron chi connectivity index (χ0n) is 17.6. The highest BCUT2D eigenvalue weighted by Crippen LogP contribution is 2.27. The molecule has 0 bridgehead atoms. The molecule has 0 aliphatic carbocycles. The van der Waals surface area contributed by atoms with Crippen LogP contribution in [0, 0.1) is 5.92 Å². The number of β-amino-alcohol motifs (C(OH)–C–C–N with tert-alkyl or cyclic N) is 1. The summed E-state index contributed by atoms with van der Waals surface area (Å²) in [4.78, 5) is 29.5. The molecular formula is C22H33N3O4. The molecule has 2 amide bonds. The fourth-order valence-corrected chi connectivity index (χ4v) is 4.26. The predicted octanol–water partition coefficient (Wildman–Crippen LogP) is 1.51. The molecule has 2 fully saturated rings. The van der Waals surface area contributed by atoms with Crippen molar-refractivity contribution in [3.8, 4) is 5.75 Å². The van der Waals surface area contributed by atoms with Crippen molar-refractivity contribution in [1.82, 2.24) is 15.1 Å². The third kappa shape index (κ3) is 5.28. The number of carbonyl (C=O) groups is 2. The van der Waals surface area contributed by atoms with E-state index in [4.69, 9.17) is 4.74 Å². The van der Waals surface area contributed by atoms with Gasteiger partial charge in [-0.05, 0) is 43.4 Å². The van der Waals surface area contributed by atoms with Crippen LogP contribution in [0.1, 0.15) is 43.5 Å². The molecule has 0 aromatic heterocycles. The van der Waals surface area contributed by atoms with Crippen molar-refractivity contribution in [2.45, 2.75) is 51.3 Å². The molecule has 0 saturated carbocycles. The molecule has 3 rings (SSSR count). The SMILES string of the molecule is COc1cccc(C(=O)N2CCC(N3C[C@H](O)C[C@H]3C(=O)NCC(C)C)CC2)c1. The zero-order valence-corrected chi connectivity index (χ0v) is 17.6. The summed E-state index contributed by atoms with van der Waals surface area (Å²) in [5, 5.41) is 13.2. The van der Waals surface area contributed by atoms with E-state index in [-0.39, 0.29) is 23.9 Å². The van der Waals surface area contributed by atoms with Crippen LogP contribution in [0.3, 0.4) is 0 Å². The molecule has 2 aliphatic rings. The molecule has 0 unspecified atom stereocenters. The van der Waals surface area contributed by atoms with Crippen LogP contribution in [0.4, 0.5) is 0 Å². The largest absolute Gasteiger partial charge is 0.497 e. The van der Waals surface area contributed by atoms with Gasteiger partial charge in [-0.1, -0.05) is 19.9 Å². The van der Waals surface area contributed by atoms with Gasteiger partial charge >= 0.3 is 0 Å². The topological polar surface area (TPSA) is 82.1 Å². The first-order valence-corrected chi connectivity index (χ1v) is 10.5. The Balaban J connectivity index is 1.58. The number of piperidine rings is 1. The summed E-state index contributed by atoms with van der Waals surface area (Å²) in [6, 6.07) is 7.14. The summed E-state index contributed by atoms with van der Waals surface area (Å²) in [6.07, 6.45) is 1.61. The number of likely N-dealkylation sites (tertiary alicyclic amines) is 2. The normalized spacial score (nSPS) is 23.4. The number of rotatable bonds is 6. The van der Waals surface area contributed by atoms with Crippen LogP contribution < -0.4 is 10.1 Å². The average molecular weight is 404 g/mol. The highest BCUT2D eigenvalue weighted by atomic mass is 16.5. The van der Waals surface area contributed by atoms with Crippen molar-refractivity contribution in [3.63, 3.8) is 0 Å². The maximum Gasteiger partial charge on any atom is 0.253 e. The monoisotopic (exact) mass is 403 g/mol. The van der Waals surface area contributed by atoms with E-state index in [0.29, 0.717) is 49.8 Å². The smallest absolute Gasteiger partial charge is 0.253 e. The Morgan fingerprint density at radius 3 is 2.66 bits per heavy atom. The quantitative estimate of drug-likeness (QED) is 0.752. The highest BCUT2D eigenvalue weighted by Gasteiger charge is 2.41. The Hall–Kier alpha value is -2.12. The second-order valence-corrected chi connectivity index (χ2v) is 8.50.